The third-order valence-corrected chi connectivity index (χ3v) is 2.48. The van der Waals surface area contributed by atoms with Crippen LogP contribution in [0.2, 0.25) is 0 Å². The molecule has 0 radical (unpaired) electrons. The molecule has 0 N–H and O–H groups in total. The van der Waals surface area contributed by atoms with Crippen LogP contribution in [0.1, 0.15) is 13.8 Å². The Balaban J connectivity index is 3.90. The summed E-state index contributed by atoms with van der Waals surface area (Å²) in [6, 6.07) is 0. The molecule has 3 nitrogen and oxygen atoms in total. The van der Waals surface area contributed by atoms with E-state index in [-0.39, 0.29) is 0 Å². The van der Waals surface area contributed by atoms with E-state index in [1.165, 1.54) is 6.92 Å². The molecule has 0 aliphatic heterocycles. The summed E-state index contributed by atoms with van der Waals surface area (Å²) in [5, 5.41) is 0. The van der Waals surface area contributed by atoms with E-state index in [1.807, 2.05) is 0 Å². The van der Waals surface area contributed by atoms with Gasteiger partial charge in [0.05, 0.1) is 0 Å². The molecule has 1 unspecified atom stereocenters. The van der Waals surface area contributed by atoms with Gasteiger partial charge in [-0.05, 0) is 13.8 Å². The molecule has 0 aromatic rings. The maximum Gasteiger partial charge on any atom is 0.259 e. The van der Waals surface area contributed by atoms with E-state index in [9.17, 15) is 8.42 Å². The van der Waals surface area contributed by atoms with Gasteiger partial charge in [-0.1, -0.05) is 0 Å². The minimum atomic E-state index is -3.51. The zero-order valence-electron chi connectivity index (χ0n) is 5.30. The predicted molar refractivity (Wildman–Crippen MR) is 35.9 cm³/mol. The van der Waals surface area contributed by atoms with Gasteiger partial charge in [0.2, 0.25) is 0 Å². The Morgan fingerprint density at radius 2 is 2.11 bits per heavy atom. The molecule has 0 aromatic carbocycles. The molecule has 0 spiro atoms. The van der Waals surface area contributed by atoms with E-state index >= 15 is 0 Å². The van der Waals surface area contributed by atoms with Crippen LogP contribution in [0.15, 0.2) is 0 Å². The van der Waals surface area contributed by atoms with Crippen LogP contribution in [0.3, 0.4) is 0 Å². The molecule has 9 heavy (non-hydrogen) atoms. The van der Waals surface area contributed by atoms with Crippen LogP contribution in [0.25, 0.3) is 0 Å². The van der Waals surface area contributed by atoms with E-state index in [4.69, 9.17) is 10.7 Å². The summed E-state index contributed by atoms with van der Waals surface area (Å²) < 4.78 is 25.4. The average Bonchev–Trinajstić information content (AvgIpc) is 1.64. The first-order valence-electron chi connectivity index (χ1n) is 2.53. The molecule has 0 aliphatic rings. The van der Waals surface area contributed by atoms with E-state index in [0.717, 1.165) is 0 Å². The van der Waals surface area contributed by atoms with Crippen molar-refractivity contribution in [2.75, 3.05) is 6.61 Å². The molecule has 0 aliphatic carbocycles. The van der Waals surface area contributed by atoms with Crippen molar-refractivity contribution in [1.29, 1.82) is 0 Å². The van der Waals surface area contributed by atoms with Crippen LogP contribution >= 0.6 is 10.7 Å². The lowest BCUT2D eigenvalue weighted by molar-refractivity contribution is 0.131. The van der Waals surface area contributed by atoms with Gasteiger partial charge in [0.25, 0.3) is 9.05 Å². The molecule has 0 rings (SSSR count). The molecule has 0 saturated heterocycles. The predicted octanol–water partition coefficient (Wildman–Crippen LogP) is 0.938. The molecule has 1 atom stereocenters. The van der Waals surface area contributed by atoms with Gasteiger partial charge in [-0.3, -0.25) is 0 Å². The third-order valence-electron chi connectivity index (χ3n) is 0.798. The first-order chi connectivity index (χ1) is 3.98. The number of rotatable bonds is 3. The number of hydrogen-bond acceptors (Lipinski definition) is 3. The molecule has 0 saturated carbocycles. The summed E-state index contributed by atoms with van der Waals surface area (Å²) in [5.41, 5.74) is -0.899. The molecule has 0 fully saturated rings. The Labute approximate surface area is 59.4 Å². The lowest BCUT2D eigenvalue weighted by atomic mass is 10.8. The topological polar surface area (TPSA) is 43.4 Å². The molecular formula is C4H9ClO3S. The highest BCUT2D eigenvalue weighted by molar-refractivity contribution is 8.14. The molecule has 0 heterocycles. The SMILES string of the molecule is CCOC(C)S(=O)(=O)Cl. The Hall–Kier alpha value is 0.200. The van der Waals surface area contributed by atoms with Crippen LogP contribution in [0.4, 0.5) is 0 Å². The summed E-state index contributed by atoms with van der Waals surface area (Å²) in [7, 11) is 1.39. The number of ether oxygens (including phenoxy) is 1. The largest absolute Gasteiger partial charge is 0.362 e. The fourth-order valence-corrected chi connectivity index (χ4v) is 0.769. The summed E-state index contributed by atoms with van der Waals surface area (Å²) in [6.45, 7) is 3.46. The summed E-state index contributed by atoms with van der Waals surface area (Å²) >= 11 is 0. The van der Waals surface area contributed by atoms with Gasteiger partial charge in [-0.25, -0.2) is 8.42 Å². The lowest BCUT2D eigenvalue weighted by Gasteiger charge is -2.05. The van der Waals surface area contributed by atoms with Crippen molar-refractivity contribution in [3.63, 3.8) is 0 Å². The minimum Gasteiger partial charge on any atom is -0.362 e. The number of halogens is 1. The quantitative estimate of drug-likeness (QED) is 0.595. The van der Waals surface area contributed by atoms with Gasteiger partial charge in [0.1, 0.15) is 0 Å². The maximum atomic E-state index is 10.4. The van der Waals surface area contributed by atoms with Crippen molar-refractivity contribution in [3.05, 3.63) is 0 Å². The van der Waals surface area contributed by atoms with Crippen molar-refractivity contribution in [3.8, 4) is 0 Å². The Bertz CT molecular complexity index is 163. The smallest absolute Gasteiger partial charge is 0.259 e. The Kier molecular flexibility index (Phi) is 3.46. The molecule has 5 heteroatoms. The first kappa shape index (κ1) is 9.20. The van der Waals surface area contributed by atoms with Gasteiger partial charge >= 0.3 is 0 Å². The van der Waals surface area contributed by atoms with Gasteiger partial charge in [0, 0.05) is 17.3 Å². The Morgan fingerprint density at radius 1 is 1.67 bits per heavy atom. The van der Waals surface area contributed by atoms with Gasteiger partial charge < -0.3 is 4.74 Å². The fourth-order valence-electron chi connectivity index (χ4n) is 0.316. The molecular weight excluding hydrogens is 164 g/mol. The summed E-state index contributed by atoms with van der Waals surface area (Å²) in [5.74, 6) is 0. The van der Waals surface area contributed by atoms with E-state index in [2.05, 4.69) is 4.74 Å². The van der Waals surface area contributed by atoms with E-state index < -0.39 is 14.5 Å². The molecule has 56 valence electrons. The second-order valence-corrected chi connectivity index (χ2v) is 4.40. The van der Waals surface area contributed by atoms with Gasteiger partial charge in [0.15, 0.2) is 5.44 Å². The monoisotopic (exact) mass is 172 g/mol. The summed E-state index contributed by atoms with van der Waals surface area (Å²) in [4.78, 5) is 0. The Morgan fingerprint density at radius 3 is 2.22 bits per heavy atom. The first-order valence-corrected chi connectivity index (χ1v) is 4.90. The van der Waals surface area contributed by atoms with Crippen molar-refractivity contribution >= 4 is 19.7 Å². The molecule has 0 amide bonds. The van der Waals surface area contributed by atoms with Crippen LogP contribution in [0.5, 0.6) is 0 Å². The minimum absolute atomic E-state index is 0.354. The highest BCUT2D eigenvalue weighted by Crippen LogP contribution is 2.06. The average molecular weight is 173 g/mol. The second kappa shape index (κ2) is 3.39. The van der Waals surface area contributed by atoms with Crippen molar-refractivity contribution in [2.45, 2.75) is 19.3 Å². The third kappa shape index (κ3) is 3.72. The zero-order chi connectivity index (χ0) is 7.49. The van der Waals surface area contributed by atoms with Crippen LogP contribution in [-0.2, 0) is 13.8 Å². The molecule has 0 aromatic heterocycles. The maximum absolute atomic E-state index is 10.4. The van der Waals surface area contributed by atoms with Crippen molar-refractivity contribution in [1.82, 2.24) is 0 Å². The standard InChI is InChI=1S/C4H9ClO3S/c1-3-8-4(2)9(5,6)7/h4H,3H2,1-2H3. The summed E-state index contributed by atoms with van der Waals surface area (Å²) in [6.07, 6.45) is 0. The fraction of sp³-hybridized carbons (Fsp3) is 1.00. The van der Waals surface area contributed by atoms with Gasteiger partial charge in [-0.15, -0.1) is 0 Å². The van der Waals surface area contributed by atoms with Crippen LogP contribution in [0, 0.1) is 0 Å². The van der Waals surface area contributed by atoms with E-state index in [1.54, 1.807) is 6.92 Å². The number of hydrogen-bond donors (Lipinski definition) is 0. The van der Waals surface area contributed by atoms with Gasteiger partial charge in [-0.2, -0.15) is 0 Å². The van der Waals surface area contributed by atoms with Crippen LogP contribution < -0.4 is 0 Å². The molecule has 0 bridgehead atoms. The zero-order valence-corrected chi connectivity index (χ0v) is 6.87. The highest BCUT2D eigenvalue weighted by atomic mass is 35.7. The van der Waals surface area contributed by atoms with Crippen molar-refractivity contribution in [2.24, 2.45) is 0 Å². The van der Waals surface area contributed by atoms with Crippen molar-refractivity contribution < 1.29 is 13.2 Å². The normalized spacial score (nSPS) is 15.4. The van der Waals surface area contributed by atoms with Crippen LogP contribution in [-0.4, -0.2) is 20.5 Å². The van der Waals surface area contributed by atoms with E-state index in [0.29, 0.717) is 6.61 Å². The second-order valence-electron chi connectivity index (χ2n) is 1.50. The highest BCUT2D eigenvalue weighted by Gasteiger charge is 2.16. The lowest BCUT2D eigenvalue weighted by Crippen LogP contribution is -2.15.